The van der Waals surface area contributed by atoms with Crippen molar-refractivity contribution in [3.05, 3.63) is 60.2 Å². The molecule has 1 aliphatic heterocycles. The maximum atomic E-state index is 12.4. The van der Waals surface area contributed by atoms with Crippen LogP contribution in [0.3, 0.4) is 0 Å². The molecular weight excluding hydrogens is 396 g/mol. The Morgan fingerprint density at radius 1 is 1.07 bits per heavy atom. The molecule has 7 heteroatoms. The van der Waals surface area contributed by atoms with Gasteiger partial charge in [0.2, 0.25) is 11.8 Å². The van der Waals surface area contributed by atoms with E-state index in [0.29, 0.717) is 0 Å². The van der Waals surface area contributed by atoms with E-state index in [1.165, 1.54) is 5.56 Å². The first kappa shape index (κ1) is 22.3. The molecule has 0 spiro atoms. The summed E-state index contributed by atoms with van der Waals surface area (Å²) >= 11 is 1.59. The van der Waals surface area contributed by atoms with E-state index in [1.807, 2.05) is 36.6 Å². The van der Waals surface area contributed by atoms with Crippen LogP contribution in [-0.2, 0) is 16.1 Å². The molecule has 160 valence electrons. The maximum Gasteiger partial charge on any atom is 0.238 e. The summed E-state index contributed by atoms with van der Waals surface area (Å²) in [6, 6.07) is 18.3. The number of amides is 2. The molecule has 1 fully saturated rings. The highest BCUT2D eigenvalue weighted by Crippen LogP contribution is 2.24. The zero-order chi connectivity index (χ0) is 21.3. The molecule has 2 N–H and O–H groups in total. The lowest BCUT2D eigenvalue weighted by Gasteiger charge is -2.19. The van der Waals surface area contributed by atoms with Gasteiger partial charge >= 0.3 is 0 Å². The van der Waals surface area contributed by atoms with Gasteiger partial charge < -0.3 is 10.6 Å². The van der Waals surface area contributed by atoms with Crippen LogP contribution in [0.25, 0.3) is 0 Å². The molecule has 1 aliphatic rings. The van der Waals surface area contributed by atoms with Crippen LogP contribution in [-0.4, -0.2) is 67.1 Å². The second kappa shape index (κ2) is 11.2. The van der Waals surface area contributed by atoms with Gasteiger partial charge in [-0.2, -0.15) is 0 Å². The van der Waals surface area contributed by atoms with E-state index in [1.54, 1.807) is 23.7 Å². The SMILES string of the molecule is CSc1ccccc1NC(=O)CN(C)CC(=O)N[C@@H]1CCN(Cc2ccccc2)C1. The van der Waals surface area contributed by atoms with E-state index in [-0.39, 0.29) is 30.9 Å². The minimum absolute atomic E-state index is 0.0404. The summed E-state index contributed by atoms with van der Waals surface area (Å²) in [4.78, 5) is 29.9. The highest BCUT2D eigenvalue weighted by atomic mass is 32.2. The van der Waals surface area contributed by atoms with Crippen LogP contribution in [0.4, 0.5) is 5.69 Å². The average Bonchev–Trinajstić information content (AvgIpc) is 3.15. The van der Waals surface area contributed by atoms with E-state index < -0.39 is 0 Å². The van der Waals surface area contributed by atoms with Crippen molar-refractivity contribution < 1.29 is 9.59 Å². The monoisotopic (exact) mass is 426 g/mol. The summed E-state index contributed by atoms with van der Waals surface area (Å²) in [6.45, 7) is 3.11. The third-order valence-corrected chi connectivity index (χ3v) is 5.89. The first-order valence-electron chi connectivity index (χ1n) is 10.2. The summed E-state index contributed by atoms with van der Waals surface area (Å²) in [5.74, 6) is -0.164. The number of thioether (sulfide) groups is 1. The second-order valence-corrected chi connectivity index (χ2v) is 8.54. The lowest BCUT2D eigenvalue weighted by Crippen LogP contribution is -2.43. The fraction of sp³-hybridized carbons (Fsp3) is 0.391. The number of nitrogens with one attached hydrogen (secondary N) is 2. The number of nitrogens with zero attached hydrogens (tertiary/aromatic N) is 2. The Morgan fingerprint density at radius 2 is 1.77 bits per heavy atom. The van der Waals surface area contributed by atoms with Crippen molar-refractivity contribution in [2.75, 3.05) is 44.8 Å². The first-order chi connectivity index (χ1) is 14.5. The summed E-state index contributed by atoms with van der Waals surface area (Å²) in [6.07, 6.45) is 2.93. The molecule has 0 bridgehead atoms. The molecule has 0 radical (unpaired) electrons. The molecule has 1 saturated heterocycles. The number of hydrogen-bond donors (Lipinski definition) is 2. The van der Waals surface area contributed by atoms with Crippen molar-refractivity contribution in [1.29, 1.82) is 0 Å². The van der Waals surface area contributed by atoms with Gasteiger partial charge in [-0.3, -0.25) is 19.4 Å². The Kier molecular flexibility index (Phi) is 8.30. The molecule has 1 atom stereocenters. The number of para-hydroxylation sites is 1. The Morgan fingerprint density at radius 3 is 2.53 bits per heavy atom. The zero-order valence-electron chi connectivity index (χ0n) is 17.6. The average molecular weight is 427 g/mol. The zero-order valence-corrected chi connectivity index (χ0v) is 18.5. The van der Waals surface area contributed by atoms with E-state index in [0.717, 1.165) is 36.6 Å². The first-order valence-corrected chi connectivity index (χ1v) is 11.4. The number of hydrogen-bond acceptors (Lipinski definition) is 5. The van der Waals surface area contributed by atoms with Gasteiger partial charge in [-0.05, 0) is 37.4 Å². The van der Waals surface area contributed by atoms with Gasteiger partial charge in [0.15, 0.2) is 0 Å². The van der Waals surface area contributed by atoms with Crippen molar-refractivity contribution in [3.8, 4) is 0 Å². The quantitative estimate of drug-likeness (QED) is 0.604. The lowest BCUT2D eigenvalue weighted by atomic mass is 10.2. The van der Waals surface area contributed by atoms with E-state index in [4.69, 9.17) is 0 Å². The van der Waals surface area contributed by atoms with Crippen molar-refractivity contribution in [1.82, 2.24) is 15.1 Å². The molecule has 2 amide bonds. The van der Waals surface area contributed by atoms with Gasteiger partial charge in [-0.15, -0.1) is 11.8 Å². The molecule has 2 aromatic carbocycles. The van der Waals surface area contributed by atoms with Crippen LogP contribution < -0.4 is 10.6 Å². The van der Waals surface area contributed by atoms with Crippen molar-refractivity contribution in [2.24, 2.45) is 0 Å². The van der Waals surface area contributed by atoms with Gasteiger partial charge in [-0.1, -0.05) is 42.5 Å². The van der Waals surface area contributed by atoms with Crippen molar-refractivity contribution in [3.63, 3.8) is 0 Å². The fourth-order valence-electron chi connectivity index (χ4n) is 3.69. The predicted molar refractivity (Wildman–Crippen MR) is 123 cm³/mol. The van der Waals surface area contributed by atoms with Crippen molar-refractivity contribution in [2.45, 2.75) is 23.9 Å². The molecular formula is C23H30N4O2S. The van der Waals surface area contributed by atoms with Crippen LogP contribution in [0.1, 0.15) is 12.0 Å². The summed E-state index contributed by atoms with van der Waals surface area (Å²) in [5, 5.41) is 6.04. The largest absolute Gasteiger partial charge is 0.351 e. The van der Waals surface area contributed by atoms with E-state index >= 15 is 0 Å². The fourth-order valence-corrected chi connectivity index (χ4v) is 4.25. The van der Waals surface area contributed by atoms with Gasteiger partial charge in [0.05, 0.1) is 18.8 Å². The van der Waals surface area contributed by atoms with Crippen LogP contribution in [0.15, 0.2) is 59.5 Å². The smallest absolute Gasteiger partial charge is 0.238 e. The number of rotatable bonds is 9. The van der Waals surface area contributed by atoms with Crippen LogP contribution in [0.2, 0.25) is 0 Å². The van der Waals surface area contributed by atoms with Gasteiger partial charge in [-0.25, -0.2) is 0 Å². The van der Waals surface area contributed by atoms with Crippen molar-refractivity contribution >= 4 is 29.3 Å². The minimum Gasteiger partial charge on any atom is -0.351 e. The van der Waals surface area contributed by atoms with E-state index in [9.17, 15) is 9.59 Å². The summed E-state index contributed by atoms with van der Waals surface area (Å²) < 4.78 is 0. The highest BCUT2D eigenvalue weighted by Gasteiger charge is 2.24. The van der Waals surface area contributed by atoms with Crippen LogP contribution in [0.5, 0.6) is 0 Å². The van der Waals surface area contributed by atoms with Gasteiger partial charge in [0.1, 0.15) is 0 Å². The molecule has 3 rings (SSSR count). The molecule has 6 nitrogen and oxygen atoms in total. The van der Waals surface area contributed by atoms with Crippen LogP contribution >= 0.6 is 11.8 Å². The Bertz CT molecular complexity index is 846. The van der Waals surface area contributed by atoms with E-state index in [2.05, 4.69) is 39.8 Å². The topological polar surface area (TPSA) is 64.7 Å². The Labute approximate surface area is 183 Å². The number of carbonyl (C=O) groups excluding carboxylic acids is 2. The molecule has 2 aromatic rings. The van der Waals surface area contributed by atoms with Crippen LogP contribution in [0, 0.1) is 0 Å². The predicted octanol–water partition coefficient (Wildman–Crippen LogP) is 2.67. The molecule has 0 saturated carbocycles. The minimum atomic E-state index is -0.123. The lowest BCUT2D eigenvalue weighted by molar-refractivity contribution is -0.123. The highest BCUT2D eigenvalue weighted by molar-refractivity contribution is 7.98. The molecule has 0 aliphatic carbocycles. The summed E-state index contributed by atoms with van der Waals surface area (Å²) in [5.41, 5.74) is 2.09. The number of likely N-dealkylation sites (tertiary alicyclic amines) is 1. The Hall–Kier alpha value is -2.35. The third-order valence-electron chi connectivity index (χ3n) is 5.09. The molecule has 1 heterocycles. The normalized spacial score (nSPS) is 16.6. The standard InChI is InChI=1S/C23H30N4O2S/c1-26(17-23(29)25-20-10-6-7-11-21(20)30-2)16-22(28)24-19-12-13-27(15-19)14-18-8-4-3-5-9-18/h3-11,19H,12-17H2,1-2H3,(H,24,28)(H,25,29)/t19-/m1/s1. The summed E-state index contributed by atoms with van der Waals surface area (Å²) in [7, 11) is 1.79. The number of anilines is 1. The molecule has 30 heavy (non-hydrogen) atoms. The third kappa shape index (κ3) is 6.86. The number of benzene rings is 2. The molecule has 0 aromatic heterocycles. The maximum absolute atomic E-state index is 12.4. The van der Waals surface area contributed by atoms with Gasteiger partial charge in [0.25, 0.3) is 0 Å². The second-order valence-electron chi connectivity index (χ2n) is 7.69. The Balaban J connectivity index is 1.38. The number of carbonyl (C=O) groups is 2. The molecule has 0 unspecified atom stereocenters. The van der Waals surface area contributed by atoms with Gasteiger partial charge in [0, 0.05) is 30.6 Å². The number of likely N-dealkylation sites (N-methyl/N-ethyl adjacent to an activating group) is 1.